The molecule has 0 spiro atoms. The molecule has 0 amide bonds. The van der Waals surface area contributed by atoms with E-state index < -0.39 is 37.9 Å². The van der Waals surface area contributed by atoms with E-state index >= 15 is 0 Å². The van der Waals surface area contributed by atoms with Gasteiger partial charge in [0.25, 0.3) is 0 Å². The van der Waals surface area contributed by atoms with Gasteiger partial charge in [-0.15, -0.1) is 0 Å². The maximum absolute atomic E-state index is 13.7. The summed E-state index contributed by atoms with van der Waals surface area (Å²) in [5, 5.41) is 0. The Balaban J connectivity index is 5.75. The summed E-state index contributed by atoms with van der Waals surface area (Å²) >= 11 is 0. The van der Waals surface area contributed by atoms with Crippen molar-refractivity contribution in [1.29, 1.82) is 0 Å². The van der Waals surface area contributed by atoms with Crippen molar-refractivity contribution in [2.75, 3.05) is 13.2 Å². The molecule has 4 nitrogen and oxygen atoms in total. The third-order valence-corrected chi connectivity index (χ3v) is 4.02. The molecule has 0 aliphatic carbocycles. The van der Waals surface area contributed by atoms with E-state index in [1.807, 2.05) is 0 Å². The molecule has 0 saturated heterocycles. The number of hydrogen-bond acceptors (Lipinski definition) is 4. The van der Waals surface area contributed by atoms with Gasteiger partial charge >= 0.3 is 19.9 Å². The van der Waals surface area contributed by atoms with Crippen LogP contribution in [0.2, 0.25) is 0 Å². The topological polar surface area (TPSA) is 44.8 Å². The summed E-state index contributed by atoms with van der Waals surface area (Å²) in [6, 6.07) is 0. The Morgan fingerprint density at radius 2 is 1.48 bits per heavy atom. The van der Waals surface area contributed by atoms with Crippen molar-refractivity contribution in [3.63, 3.8) is 0 Å². The van der Waals surface area contributed by atoms with Gasteiger partial charge in [0.05, 0.1) is 13.2 Å². The van der Waals surface area contributed by atoms with E-state index in [2.05, 4.69) is 13.6 Å². The molecule has 0 bridgehead atoms. The van der Waals surface area contributed by atoms with Crippen LogP contribution in [0.3, 0.4) is 0 Å². The van der Waals surface area contributed by atoms with Gasteiger partial charge in [-0.2, -0.15) is 22.0 Å². The fraction of sp³-hybridized carbons (Fsp3) is 0.833. The number of phosphoric ester groups is 1. The lowest BCUT2D eigenvalue weighted by Crippen LogP contribution is -2.37. The summed E-state index contributed by atoms with van der Waals surface area (Å²) in [5.41, 5.74) is 0. The first kappa shape index (κ1) is 22.3. The maximum Gasteiger partial charge on any atom is 0.529 e. The highest BCUT2D eigenvalue weighted by atomic mass is 31.2. The van der Waals surface area contributed by atoms with Crippen LogP contribution in [0.5, 0.6) is 0 Å². The molecule has 0 N–H and O–H groups in total. The van der Waals surface area contributed by atoms with Crippen molar-refractivity contribution < 1.29 is 44.5 Å². The molecule has 0 aliphatic rings. The predicted molar refractivity (Wildman–Crippen MR) is 70.6 cm³/mol. The smallest absolute Gasteiger partial charge is 0.406 e. The summed E-state index contributed by atoms with van der Waals surface area (Å²) in [5.74, 6) is -10.0. The van der Waals surface area contributed by atoms with Crippen LogP contribution < -0.4 is 0 Å². The van der Waals surface area contributed by atoms with Gasteiger partial charge in [0, 0.05) is 6.42 Å². The molecule has 0 aromatic rings. The summed E-state index contributed by atoms with van der Waals surface area (Å²) in [7, 11) is -4.49. The number of halogens is 6. The van der Waals surface area contributed by atoms with Crippen molar-refractivity contribution in [2.24, 2.45) is 0 Å². The molecular weight excluding hydrogens is 353 g/mol. The van der Waals surface area contributed by atoms with E-state index in [0.717, 1.165) is 0 Å². The van der Waals surface area contributed by atoms with Gasteiger partial charge < -0.3 is 4.52 Å². The van der Waals surface area contributed by atoms with Crippen LogP contribution in [-0.2, 0) is 18.1 Å². The number of alkyl halides is 5. The SMILES string of the molecule is CCCC/C(OP(=O)(OCC)OCC)=C(\F)C(F)(F)C(F)(F)F. The van der Waals surface area contributed by atoms with Crippen LogP contribution in [0.1, 0.15) is 40.0 Å². The van der Waals surface area contributed by atoms with E-state index in [1.54, 1.807) is 6.92 Å². The zero-order valence-electron chi connectivity index (χ0n) is 12.9. The Hall–Kier alpha value is -0.730. The standard InChI is InChI=1S/C12H19F6O4P/c1-4-7-8-9(10(13)11(14,15)12(16,17)18)22-23(19,20-5-2)21-6-3/h4-8H2,1-3H3/b10-9+. The highest BCUT2D eigenvalue weighted by molar-refractivity contribution is 7.48. The van der Waals surface area contributed by atoms with Crippen molar-refractivity contribution in [3.05, 3.63) is 11.6 Å². The Kier molecular flexibility index (Phi) is 8.65. The van der Waals surface area contributed by atoms with Gasteiger partial charge in [-0.05, 0) is 20.3 Å². The normalized spacial score (nSPS) is 14.7. The minimum Gasteiger partial charge on any atom is -0.406 e. The van der Waals surface area contributed by atoms with Gasteiger partial charge in [0.2, 0.25) is 5.83 Å². The van der Waals surface area contributed by atoms with E-state index in [9.17, 15) is 30.9 Å². The molecule has 0 fully saturated rings. The summed E-state index contributed by atoms with van der Waals surface area (Å²) in [6.45, 7) is 3.85. The Bertz CT molecular complexity index is 439. The lowest BCUT2D eigenvalue weighted by molar-refractivity contribution is -0.271. The van der Waals surface area contributed by atoms with Gasteiger partial charge in [0.1, 0.15) is 5.76 Å². The highest BCUT2D eigenvalue weighted by Crippen LogP contribution is 2.54. The van der Waals surface area contributed by atoms with Gasteiger partial charge in [-0.25, -0.2) is 8.96 Å². The van der Waals surface area contributed by atoms with E-state index in [-0.39, 0.29) is 19.6 Å². The molecule has 23 heavy (non-hydrogen) atoms. The molecule has 0 heterocycles. The average Bonchev–Trinajstić information content (AvgIpc) is 2.41. The molecule has 138 valence electrons. The fourth-order valence-electron chi connectivity index (χ4n) is 1.37. The van der Waals surface area contributed by atoms with Gasteiger partial charge in [0.15, 0.2) is 0 Å². The van der Waals surface area contributed by atoms with Gasteiger partial charge in [-0.1, -0.05) is 13.3 Å². The van der Waals surface area contributed by atoms with E-state index in [0.29, 0.717) is 6.42 Å². The highest BCUT2D eigenvalue weighted by Gasteiger charge is 2.62. The molecule has 0 aromatic heterocycles. The summed E-state index contributed by atoms with van der Waals surface area (Å²) in [6.07, 6.45) is -6.38. The van der Waals surface area contributed by atoms with Crippen molar-refractivity contribution in [1.82, 2.24) is 0 Å². The van der Waals surface area contributed by atoms with Crippen LogP contribution in [0.25, 0.3) is 0 Å². The minimum atomic E-state index is -6.15. The third kappa shape index (κ3) is 6.35. The second kappa shape index (κ2) is 8.94. The lowest BCUT2D eigenvalue weighted by Gasteiger charge is -2.23. The van der Waals surface area contributed by atoms with Crippen molar-refractivity contribution in [2.45, 2.75) is 52.1 Å². The second-order valence-electron chi connectivity index (χ2n) is 4.29. The van der Waals surface area contributed by atoms with Crippen LogP contribution in [0.4, 0.5) is 26.3 Å². The fourth-order valence-corrected chi connectivity index (χ4v) is 2.63. The molecule has 0 radical (unpaired) electrons. The monoisotopic (exact) mass is 372 g/mol. The first-order valence-electron chi connectivity index (χ1n) is 6.87. The molecule has 0 saturated carbocycles. The van der Waals surface area contributed by atoms with Crippen molar-refractivity contribution in [3.8, 4) is 0 Å². The van der Waals surface area contributed by atoms with E-state index in [1.165, 1.54) is 13.8 Å². The summed E-state index contributed by atoms with van der Waals surface area (Å²) < 4.78 is 103. The van der Waals surface area contributed by atoms with Crippen molar-refractivity contribution >= 4 is 7.82 Å². The maximum atomic E-state index is 13.7. The van der Waals surface area contributed by atoms with Gasteiger partial charge in [-0.3, -0.25) is 9.05 Å². The first-order chi connectivity index (χ1) is 10.4. The van der Waals surface area contributed by atoms with E-state index in [4.69, 9.17) is 0 Å². The molecule has 0 rings (SSSR count). The Morgan fingerprint density at radius 3 is 1.83 bits per heavy atom. The van der Waals surface area contributed by atoms with Crippen LogP contribution >= 0.6 is 7.82 Å². The number of unbranched alkanes of at least 4 members (excludes halogenated alkanes) is 1. The zero-order chi connectivity index (χ0) is 18.3. The van der Waals surface area contributed by atoms with Crippen LogP contribution in [0, 0.1) is 0 Å². The predicted octanol–water partition coefficient (Wildman–Crippen LogP) is 5.75. The number of allylic oxidation sites excluding steroid dienone is 2. The number of phosphoric acid groups is 1. The Morgan fingerprint density at radius 1 is 1.00 bits per heavy atom. The quantitative estimate of drug-likeness (QED) is 0.278. The third-order valence-electron chi connectivity index (χ3n) is 2.43. The van der Waals surface area contributed by atoms with Crippen LogP contribution in [-0.4, -0.2) is 25.3 Å². The minimum absolute atomic E-state index is 0.0366. The average molecular weight is 372 g/mol. The molecule has 0 aromatic carbocycles. The second-order valence-corrected chi connectivity index (χ2v) is 5.88. The molecule has 0 unspecified atom stereocenters. The largest absolute Gasteiger partial charge is 0.529 e. The Labute approximate surface area is 130 Å². The number of rotatable bonds is 10. The van der Waals surface area contributed by atoms with Crippen LogP contribution in [0.15, 0.2) is 11.6 Å². The summed E-state index contributed by atoms with van der Waals surface area (Å²) in [4.78, 5) is 0. The molecule has 0 aliphatic heterocycles. The molecular formula is C12H19F6O4P. The zero-order valence-corrected chi connectivity index (χ0v) is 13.8. The number of hydrogen-bond donors (Lipinski definition) is 0. The first-order valence-corrected chi connectivity index (χ1v) is 8.33. The molecule has 11 heteroatoms. The lowest BCUT2D eigenvalue weighted by atomic mass is 10.1. The molecule has 0 atom stereocenters.